The molecule has 1 atom stereocenters. The van der Waals surface area contributed by atoms with Gasteiger partial charge < -0.3 is 10.5 Å². The van der Waals surface area contributed by atoms with Crippen LogP contribution in [0.2, 0.25) is 5.02 Å². The molecule has 20 heavy (non-hydrogen) atoms. The lowest BCUT2D eigenvalue weighted by Crippen LogP contribution is -2.17. The van der Waals surface area contributed by atoms with Crippen molar-refractivity contribution in [3.8, 4) is 5.75 Å². The Morgan fingerprint density at radius 2 is 1.85 bits per heavy atom. The van der Waals surface area contributed by atoms with Gasteiger partial charge in [-0.3, -0.25) is 0 Å². The molecule has 7 heteroatoms. The Morgan fingerprint density at radius 1 is 1.25 bits per heavy atom. The van der Waals surface area contributed by atoms with Gasteiger partial charge in [0.2, 0.25) is 0 Å². The SMILES string of the molecule is CC(C)CC[C@@H](N)c1ccc(OC(F)(F)F)c(Cl)c1.Cl. The maximum absolute atomic E-state index is 12.1. The van der Waals surface area contributed by atoms with E-state index >= 15 is 0 Å². The summed E-state index contributed by atoms with van der Waals surface area (Å²) < 4.78 is 40.0. The Balaban J connectivity index is 0.00000361. The predicted octanol–water partition coefficient (Wildman–Crippen LogP) is 5.10. The summed E-state index contributed by atoms with van der Waals surface area (Å²) in [5.41, 5.74) is 6.68. The molecule has 0 saturated heterocycles. The minimum Gasteiger partial charge on any atom is -0.404 e. The zero-order valence-corrected chi connectivity index (χ0v) is 12.8. The minimum atomic E-state index is -4.75. The first-order chi connectivity index (χ1) is 8.69. The molecule has 2 N–H and O–H groups in total. The number of benzene rings is 1. The van der Waals surface area contributed by atoms with Crippen LogP contribution in [0.25, 0.3) is 0 Å². The molecule has 0 unspecified atom stereocenters. The van der Waals surface area contributed by atoms with Crippen molar-refractivity contribution in [1.29, 1.82) is 0 Å². The number of rotatable bonds is 5. The van der Waals surface area contributed by atoms with Crippen molar-refractivity contribution < 1.29 is 17.9 Å². The summed E-state index contributed by atoms with van der Waals surface area (Å²) >= 11 is 5.76. The lowest BCUT2D eigenvalue weighted by atomic mass is 9.98. The summed E-state index contributed by atoms with van der Waals surface area (Å²) in [5.74, 6) is 0.114. The molecule has 0 radical (unpaired) electrons. The van der Waals surface area contributed by atoms with Crippen LogP contribution in [0.1, 0.15) is 38.3 Å². The molecule has 0 bridgehead atoms. The fourth-order valence-corrected chi connectivity index (χ4v) is 1.86. The van der Waals surface area contributed by atoms with Crippen LogP contribution in [-0.4, -0.2) is 6.36 Å². The van der Waals surface area contributed by atoms with Crippen LogP contribution in [0, 0.1) is 5.92 Å². The summed E-state index contributed by atoms with van der Waals surface area (Å²) in [6.45, 7) is 4.17. The molecular weight excluding hydrogens is 314 g/mol. The van der Waals surface area contributed by atoms with Crippen molar-refractivity contribution in [2.24, 2.45) is 11.7 Å². The van der Waals surface area contributed by atoms with Gasteiger partial charge in [0.05, 0.1) is 5.02 Å². The maximum atomic E-state index is 12.1. The first-order valence-electron chi connectivity index (χ1n) is 6.00. The van der Waals surface area contributed by atoms with E-state index < -0.39 is 12.1 Å². The van der Waals surface area contributed by atoms with E-state index in [1.54, 1.807) is 0 Å². The van der Waals surface area contributed by atoms with Crippen LogP contribution in [-0.2, 0) is 0 Å². The van der Waals surface area contributed by atoms with Crippen LogP contribution in [0.4, 0.5) is 13.2 Å². The number of hydrogen-bond acceptors (Lipinski definition) is 2. The van der Waals surface area contributed by atoms with Gasteiger partial charge in [-0.15, -0.1) is 25.6 Å². The molecule has 0 spiro atoms. The highest BCUT2D eigenvalue weighted by Crippen LogP contribution is 2.32. The van der Waals surface area contributed by atoms with Gasteiger partial charge in [-0.25, -0.2) is 0 Å². The third-order valence-electron chi connectivity index (χ3n) is 2.66. The average Bonchev–Trinajstić information content (AvgIpc) is 2.27. The lowest BCUT2D eigenvalue weighted by molar-refractivity contribution is -0.274. The van der Waals surface area contributed by atoms with Crippen LogP contribution in [0.15, 0.2) is 18.2 Å². The molecule has 0 saturated carbocycles. The van der Waals surface area contributed by atoms with Gasteiger partial charge in [0.25, 0.3) is 0 Å². The third-order valence-corrected chi connectivity index (χ3v) is 2.96. The monoisotopic (exact) mass is 331 g/mol. The van der Waals surface area contributed by atoms with E-state index in [-0.39, 0.29) is 23.5 Å². The Kier molecular flexibility index (Phi) is 7.70. The van der Waals surface area contributed by atoms with Gasteiger partial charge in [-0.1, -0.05) is 31.5 Å². The second kappa shape index (κ2) is 7.96. The standard InChI is InChI=1S/C13H17ClF3NO.ClH/c1-8(2)3-5-11(18)9-4-6-12(10(14)7-9)19-13(15,16)17;/h4,6-8,11H,3,5,18H2,1-2H3;1H/t11-;/m1./s1. The molecule has 0 heterocycles. The molecule has 1 aromatic carbocycles. The number of ether oxygens (including phenoxy) is 1. The van der Waals surface area contributed by atoms with E-state index in [2.05, 4.69) is 18.6 Å². The largest absolute Gasteiger partial charge is 0.573 e. The van der Waals surface area contributed by atoms with Crippen molar-refractivity contribution in [1.82, 2.24) is 0 Å². The second-order valence-corrected chi connectivity index (χ2v) is 5.22. The molecule has 0 aromatic heterocycles. The molecule has 0 aliphatic carbocycles. The normalized spacial score (nSPS) is 13.0. The molecule has 0 fully saturated rings. The Hall–Kier alpha value is -0.650. The van der Waals surface area contributed by atoms with Gasteiger partial charge in [-0.05, 0) is 36.5 Å². The van der Waals surface area contributed by atoms with E-state index in [0.29, 0.717) is 11.5 Å². The quantitative estimate of drug-likeness (QED) is 0.814. The van der Waals surface area contributed by atoms with Gasteiger partial charge >= 0.3 is 6.36 Å². The van der Waals surface area contributed by atoms with Crippen molar-refractivity contribution in [3.05, 3.63) is 28.8 Å². The molecule has 0 aliphatic heterocycles. The second-order valence-electron chi connectivity index (χ2n) is 4.82. The van der Waals surface area contributed by atoms with Gasteiger partial charge in [0.1, 0.15) is 5.75 Å². The van der Waals surface area contributed by atoms with Crippen LogP contribution in [0.5, 0.6) is 5.75 Å². The number of halogens is 5. The molecule has 1 rings (SSSR count). The number of nitrogens with two attached hydrogens (primary N) is 1. The van der Waals surface area contributed by atoms with E-state index in [4.69, 9.17) is 17.3 Å². The van der Waals surface area contributed by atoms with E-state index in [1.807, 2.05) is 0 Å². The van der Waals surface area contributed by atoms with E-state index in [1.165, 1.54) is 18.2 Å². The van der Waals surface area contributed by atoms with Gasteiger partial charge in [-0.2, -0.15) is 0 Å². The maximum Gasteiger partial charge on any atom is 0.573 e. The highest BCUT2D eigenvalue weighted by atomic mass is 35.5. The van der Waals surface area contributed by atoms with Crippen molar-refractivity contribution in [2.75, 3.05) is 0 Å². The van der Waals surface area contributed by atoms with E-state index in [9.17, 15) is 13.2 Å². The van der Waals surface area contributed by atoms with Crippen molar-refractivity contribution in [2.45, 2.75) is 39.1 Å². The third kappa shape index (κ3) is 6.68. The van der Waals surface area contributed by atoms with E-state index in [0.717, 1.165) is 12.8 Å². The first kappa shape index (κ1) is 19.4. The molecule has 2 nitrogen and oxygen atoms in total. The summed E-state index contributed by atoms with van der Waals surface area (Å²) in [6.07, 6.45) is -3.04. The fraction of sp³-hybridized carbons (Fsp3) is 0.538. The molecule has 1 aromatic rings. The zero-order chi connectivity index (χ0) is 14.6. The van der Waals surface area contributed by atoms with Gasteiger partial charge in [0, 0.05) is 6.04 Å². The van der Waals surface area contributed by atoms with Crippen molar-refractivity contribution >= 4 is 24.0 Å². The highest BCUT2D eigenvalue weighted by Gasteiger charge is 2.32. The van der Waals surface area contributed by atoms with Crippen LogP contribution < -0.4 is 10.5 Å². The van der Waals surface area contributed by atoms with Crippen LogP contribution >= 0.6 is 24.0 Å². The van der Waals surface area contributed by atoms with Crippen molar-refractivity contribution in [3.63, 3.8) is 0 Å². The number of hydrogen-bond donors (Lipinski definition) is 1. The summed E-state index contributed by atoms with van der Waals surface area (Å²) in [4.78, 5) is 0. The molecular formula is C13H18Cl2F3NO. The Morgan fingerprint density at radius 3 is 2.30 bits per heavy atom. The topological polar surface area (TPSA) is 35.2 Å². The summed E-state index contributed by atoms with van der Waals surface area (Å²) in [6, 6.07) is 3.89. The lowest BCUT2D eigenvalue weighted by Gasteiger charge is -2.16. The molecule has 0 amide bonds. The summed E-state index contributed by atoms with van der Waals surface area (Å²) in [5, 5.41) is -0.0881. The Bertz CT molecular complexity index is 425. The van der Waals surface area contributed by atoms with Crippen LogP contribution in [0.3, 0.4) is 0 Å². The van der Waals surface area contributed by atoms with Gasteiger partial charge in [0.15, 0.2) is 0 Å². The predicted molar refractivity (Wildman–Crippen MR) is 76.4 cm³/mol. The fourth-order valence-electron chi connectivity index (χ4n) is 1.63. The number of alkyl halides is 3. The summed E-state index contributed by atoms with van der Waals surface area (Å²) in [7, 11) is 0. The molecule has 116 valence electrons. The first-order valence-corrected chi connectivity index (χ1v) is 6.37. The minimum absolute atomic E-state index is 0. The smallest absolute Gasteiger partial charge is 0.404 e. The zero-order valence-electron chi connectivity index (χ0n) is 11.2. The Labute approximate surface area is 127 Å². The molecule has 0 aliphatic rings. The highest BCUT2D eigenvalue weighted by molar-refractivity contribution is 6.32. The average molecular weight is 332 g/mol.